The number of carbonyl (C=O) groups excluding carboxylic acids is 2. The number of nitrogens with zero attached hydrogens (tertiary/aromatic N) is 2. The summed E-state index contributed by atoms with van der Waals surface area (Å²) in [5, 5.41) is 0. The first-order chi connectivity index (χ1) is 12.3. The van der Waals surface area contributed by atoms with Crippen molar-refractivity contribution >= 4 is 22.0 Å². The molecule has 0 aliphatic carbocycles. The summed E-state index contributed by atoms with van der Waals surface area (Å²) in [7, 11) is -0.424. The fourth-order valence-electron chi connectivity index (χ4n) is 2.23. The van der Waals surface area contributed by atoms with Gasteiger partial charge in [0.05, 0.1) is 42.5 Å². The Hall–Kier alpha value is -2.78. The van der Waals surface area contributed by atoms with Crippen LogP contribution in [-0.2, 0) is 26.0 Å². The maximum atomic E-state index is 13.0. The average molecular weight is 378 g/mol. The van der Waals surface area contributed by atoms with E-state index in [1.54, 1.807) is 24.4 Å². The predicted octanol–water partition coefficient (Wildman–Crippen LogP) is 1.48. The molecule has 0 aliphatic heterocycles. The van der Waals surface area contributed by atoms with Crippen LogP contribution in [-0.4, -0.2) is 50.9 Å². The zero-order valence-electron chi connectivity index (χ0n) is 14.5. The number of hydrogen-bond acceptors (Lipinski definition) is 7. The molecule has 1 aromatic heterocycles. The summed E-state index contributed by atoms with van der Waals surface area (Å²) < 4.78 is 36.3. The van der Waals surface area contributed by atoms with Crippen molar-refractivity contribution in [3.8, 4) is 0 Å². The maximum absolute atomic E-state index is 13.0. The SMILES string of the molecule is COC(=O)c1ccc(C(=O)OC)c(S(=O)(=O)N(C)Cc2ccccn2)c1. The molecular weight excluding hydrogens is 360 g/mol. The Balaban J connectivity index is 2.51. The zero-order valence-corrected chi connectivity index (χ0v) is 15.3. The molecule has 0 radical (unpaired) electrons. The Kier molecular flexibility index (Phi) is 6.06. The quantitative estimate of drug-likeness (QED) is 0.701. The molecule has 2 aromatic rings. The molecule has 8 nitrogen and oxygen atoms in total. The van der Waals surface area contributed by atoms with Crippen molar-refractivity contribution in [2.75, 3.05) is 21.3 Å². The minimum absolute atomic E-state index is 0.00460. The first-order valence-corrected chi connectivity index (χ1v) is 8.92. The van der Waals surface area contributed by atoms with E-state index >= 15 is 0 Å². The lowest BCUT2D eigenvalue weighted by Gasteiger charge is -2.19. The van der Waals surface area contributed by atoms with E-state index in [1.165, 1.54) is 26.3 Å². The van der Waals surface area contributed by atoms with Gasteiger partial charge in [0.2, 0.25) is 10.0 Å². The highest BCUT2D eigenvalue weighted by Gasteiger charge is 2.29. The standard InChI is InChI=1S/C17H18N2O6S/c1-19(11-13-6-4-5-9-18-13)26(22,23)15-10-12(16(20)24-2)7-8-14(15)17(21)25-3/h4-10H,11H2,1-3H3. The van der Waals surface area contributed by atoms with Crippen LogP contribution >= 0.6 is 0 Å². The summed E-state index contributed by atoms with van der Waals surface area (Å²) in [6.45, 7) is -0.00770. The summed E-state index contributed by atoms with van der Waals surface area (Å²) in [5.74, 6) is -1.54. The van der Waals surface area contributed by atoms with Gasteiger partial charge in [-0.15, -0.1) is 0 Å². The number of methoxy groups -OCH3 is 2. The third kappa shape index (κ3) is 4.06. The summed E-state index contributed by atoms with van der Waals surface area (Å²) >= 11 is 0. The van der Waals surface area contributed by atoms with Crippen LogP contribution in [0.4, 0.5) is 0 Å². The van der Waals surface area contributed by atoms with Crippen molar-refractivity contribution in [3.63, 3.8) is 0 Å². The molecule has 9 heteroatoms. The summed E-state index contributed by atoms with van der Waals surface area (Å²) in [4.78, 5) is 27.5. The molecule has 0 saturated carbocycles. The molecule has 0 atom stereocenters. The van der Waals surface area contributed by atoms with Crippen LogP contribution < -0.4 is 0 Å². The van der Waals surface area contributed by atoms with Gasteiger partial charge in [0.1, 0.15) is 0 Å². The fraction of sp³-hybridized carbons (Fsp3) is 0.235. The first-order valence-electron chi connectivity index (χ1n) is 7.48. The number of rotatable bonds is 6. The molecule has 0 bridgehead atoms. The van der Waals surface area contributed by atoms with E-state index in [-0.39, 0.29) is 22.6 Å². The van der Waals surface area contributed by atoms with E-state index in [2.05, 4.69) is 14.5 Å². The molecule has 138 valence electrons. The van der Waals surface area contributed by atoms with E-state index in [1.807, 2.05) is 0 Å². The van der Waals surface area contributed by atoms with Crippen molar-refractivity contribution < 1.29 is 27.5 Å². The molecule has 1 aromatic carbocycles. The van der Waals surface area contributed by atoms with E-state index in [4.69, 9.17) is 0 Å². The van der Waals surface area contributed by atoms with Gasteiger partial charge in [0, 0.05) is 13.2 Å². The van der Waals surface area contributed by atoms with E-state index < -0.39 is 22.0 Å². The number of sulfonamides is 1. The van der Waals surface area contributed by atoms with E-state index in [0.29, 0.717) is 5.69 Å². The lowest BCUT2D eigenvalue weighted by Crippen LogP contribution is -2.28. The van der Waals surface area contributed by atoms with Gasteiger partial charge < -0.3 is 9.47 Å². The van der Waals surface area contributed by atoms with Crippen molar-refractivity contribution in [1.82, 2.24) is 9.29 Å². The molecule has 0 unspecified atom stereocenters. The van der Waals surface area contributed by atoms with Crippen molar-refractivity contribution in [2.45, 2.75) is 11.4 Å². The molecule has 0 N–H and O–H groups in total. The van der Waals surface area contributed by atoms with Gasteiger partial charge >= 0.3 is 11.9 Å². The lowest BCUT2D eigenvalue weighted by atomic mass is 10.1. The number of pyridine rings is 1. The third-order valence-electron chi connectivity index (χ3n) is 3.61. The molecular formula is C17H18N2O6S. The summed E-state index contributed by atoms with van der Waals surface area (Å²) in [5.41, 5.74) is 0.361. The fourth-order valence-corrected chi connectivity index (χ4v) is 3.58. The van der Waals surface area contributed by atoms with Gasteiger partial charge in [-0.25, -0.2) is 18.0 Å². The Labute approximate surface area is 151 Å². The van der Waals surface area contributed by atoms with Crippen molar-refractivity contribution in [2.24, 2.45) is 0 Å². The number of ether oxygens (including phenoxy) is 2. The van der Waals surface area contributed by atoms with Crippen LogP contribution in [0, 0.1) is 0 Å². The van der Waals surface area contributed by atoms with E-state index in [9.17, 15) is 18.0 Å². The molecule has 0 fully saturated rings. The smallest absolute Gasteiger partial charge is 0.339 e. The van der Waals surface area contributed by atoms with Crippen LogP contribution in [0.3, 0.4) is 0 Å². The van der Waals surface area contributed by atoms with Crippen LogP contribution in [0.1, 0.15) is 26.4 Å². The highest BCUT2D eigenvalue weighted by atomic mass is 32.2. The number of hydrogen-bond donors (Lipinski definition) is 0. The number of carbonyl (C=O) groups is 2. The Morgan fingerprint density at radius 3 is 2.35 bits per heavy atom. The van der Waals surface area contributed by atoms with Crippen LogP contribution in [0.15, 0.2) is 47.5 Å². The maximum Gasteiger partial charge on any atom is 0.339 e. The predicted molar refractivity (Wildman–Crippen MR) is 92.0 cm³/mol. The Morgan fingerprint density at radius 2 is 1.77 bits per heavy atom. The number of esters is 2. The zero-order chi connectivity index (χ0) is 19.3. The van der Waals surface area contributed by atoms with Gasteiger partial charge in [-0.3, -0.25) is 4.98 Å². The second-order valence-corrected chi connectivity index (χ2v) is 7.29. The average Bonchev–Trinajstić information content (AvgIpc) is 2.66. The minimum atomic E-state index is -4.10. The van der Waals surface area contributed by atoms with E-state index in [0.717, 1.165) is 17.5 Å². The molecule has 0 amide bonds. The van der Waals surface area contributed by atoms with Gasteiger partial charge in [0.25, 0.3) is 0 Å². The van der Waals surface area contributed by atoms with Gasteiger partial charge in [-0.05, 0) is 30.3 Å². The first kappa shape index (κ1) is 19.5. The summed E-state index contributed by atoms with van der Waals surface area (Å²) in [6, 6.07) is 8.75. The molecule has 0 spiro atoms. The minimum Gasteiger partial charge on any atom is -0.465 e. The van der Waals surface area contributed by atoms with Gasteiger partial charge in [-0.2, -0.15) is 4.31 Å². The van der Waals surface area contributed by atoms with Crippen molar-refractivity contribution in [3.05, 3.63) is 59.4 Å². The normalized spacial score (nSPS) is 11.2. The Morgan fingerprint density at radius 1 is 1.08 bits per heavy atom. The second kappa shape index (κ2) is 8.07. The molecule has 1 heterocycles. The van der Waals surface area contributed by atoms with Crippen LogP contribution in [0.5, 0.6) is 0 Å². The van der Waals surface area contributed by atoms with Gasteiger partial charge in [-0.1, -0.05) is 6.07 Å². The lowest BCUT2D eigenvalue weighted by molar-refractivity contribution is 0.0583. The van der Waals surface area contributed by atoms with Gasteiger partial charge in [0.15, 0.2) is 0 Å². The highest BCUT2D eigenvalue weighted by molar-refractivity contribution is 7.89. The molecule has 26 heavy (non-hydrogen) atoms. The topological polar surface area (TPSA) is 103 Å². The second-order valence-electron chi connectivity index (χ2n) is 5.28. The van der Waals surface area contributed by atoms with Crippen molar-refractivity contribution in [1.29, 1.82) is 0 Å². The van der Waals surface area contributed by atoms with Crippen LogP contribution in [0.25, 0.3) is 0 Å². The number of benzene rings is 1. The monoisotopic (exact) mass is 378 g/mol. The third-order valence-corrected chi connectivity index (χ3v) is 5.45. The molecule has 2 rings (SSSR count). The summed E-state index contributed by atoms with van der Waals surface area (Å²) in [6.07, 6.45) is 1.55. The highest BCUT2D eigenvalue weighted by Crippen LogP contribution is 2.23. The molecule has 0 saturated heterocycles. The Bertz CT molecular complexity index is 912. The molecule has 0 aliphatic rings. The van der Waals surface area contributed by atoms with Crippen LogP contribution in [0.2, 0.25) is 0 Å². The largest absolute Gasteiger partial charge is 0.465 e. The number of aromatic nitrogens is 1.